The summed E-state index contributed by atoms with van der Waals surface area (Å²) >= 11 is 0. The lowest BCUT2D eigenvalue weighted by molar-refractivity contribution is 0.311. The molecule has 1 saturated carbocycles. The lowest BCUT2D eigenvalue weighted by Gasteiger charge is -2.29. The summed E-state index contributed by atoms with van der Waals surface area (Å²) < 4.78 is 44.7. The monoisotopic (exact) mass is 415 g/mol. The number of methoxy groups -OCH3 is 1. The molecule has 1 aliphatic heterocycles. The number of halogens is 1. The highest BCUT2D eigenvalue weighted by Gasteiger charge is 2.59. The average Bonchev–Trinajstić information content (AvgIpc) is 3.27. The molecule has 1 aromatic carbocycles. The summed E-state index contributed by atoms with van der Waals surface area (Å²) in [4.78, 5) is 7.92. The second kappa shape index (κ2) is 6.27. The van der Waals surface area contributed by atoms with Crippen molar-refractivity contribution in [2.24, 2.45) is 5.92 Å². The molecule has 5 rings (SSSR count). The van der Waals surface area contributed by atoms with Crippen molar-refractivity contribution in [2.45, 2.75) is 18.3 Å². The number of benzene rings is 1. The first-order chi connectivity index (χ1) is 13.8. The maximum absolute atomic E-state index is 13.9. The fourth-order valence-electron chi connectivity index (χ4n) is 4.77. The van der Waals surface area contributed by atoms with E-state index in [1.54, 1.807) is 23.7 Å². The highest BCUT2D eigenvalue weighted by atomic mass is 32.2. The molecule has 3 heterocycles. The van der Waals surface area contributed by atoms with Gasteiger partial charge in [-0.05, 0) is 54.7 Å². The number of aromatic nitrogens is 2. The maximum Gasteiger partial charge on any atom is 0.211 e. The molecular formula is C21H22FN3O3S. The first-order valence-corrected chi connectivity index (χ1v) is 11.4. The second-order valence-electron chi connectivity index (χ2n) is 8.08. The number of rotatable bonds is 4. The number of sulfonamides is 1. The van der Waals surface area contributed by atoms with Gasteiger partial charge in [0.15, 0.2) is 0 Å². The predicted molar refractivity (Wildman–Crippen MR) is 109 cm³/mol. The number of pyridine rings is 1. The molecule has 6 nitrogen and oxygen atoms in total. The Balaban J connectivity index is 1.56. The zero-order chi connectivity index (χ0) is 20.4. The number of H-pyrrole nitrogens is 1. The van der Waals surface area contributed by atoms with Crippen LogP contribution in [0.1, 0.15) is 18.5 Å². The van der Waals surface area contributed by atoms with Gasteiger partial charge in [-0.1, -0.05) is 0 Å². The molecule has 0 bridgehead atoms. The van der Waals surface area contributed by atoms with Gasteiger partial charge < -0.3 is 9.72 Å². The third kappa shape index (κ3) is 2.93. The Hall–Kier alpha value is -2.45. The second-order valence-corrected chi connectivity index (χ2v) is 10.1. The van der Waals surface area contributed by atoms with Crippen LogP contribution >= 0.6 is 0 Å². The van der Waals surface area contributed by atoms with Crippen molar-refractivity contribution in [1.82, 2.24) is 14.3 Å². The zero-order valence-corrected chi connectivity index (χ0v) is 17.1. The van der Waals surface area contributed by atoms with E-state index in [0.717, 1.165) is 35.1 Å². The number of fused-ring (bicyclic) bond motifs is 2. The molecule has 1 N–H and O–H groups in total. The van der Waals surface area contributed by atoms with E-state index in [1.165, 1.54) is 18.4 Å². The van der Waals surface area contributed by atoms with E-state index >= 15 is 0 Å². The van der Waals surface area contributed by atoms with Crippen LogP contribution in [0.15, 0.2) is 36.5 Å². The molecule has 2 unspecified atom stereocenters. The van der Waals surface area contributed by atoms with Gasteiger partial charge in [0.2, 0.25) is 10.0 Å². The minimum Gasteiger partial charge on any atom is -0.496 e. The maximum atomic E-state index is 13.9. The highest BCUT2D eigenvalue weighted by Crippen LogP contribution is 2.59. The Labute approximate surface area is 168 Å². The van der Waals surface area contributed by atoms with Crippen LogP contribution < -0.4 is 4.74 Å². The van der Waals surface area contributed by atoms with Gasteiger partial charge in [-0.15, -0.1) is 0 Å². The normalized spacial score (nSPS) is 24.4. The van der Waals surface area contributed by atoms with Crippen molar-refractivity contribution in [2.75, 3.05) is 26.5 Å². The van der Waals surface area contributed by atoms with Crippen LogP contribution in [0.5, 0.6) is 5.75 Å². The van der Waals surface area contributed by atoms with Gasteiger partial charge in [0, 0.05) is 41.3 Å². The number of hydrogen-bond donors (Lipinski definition) is 1. The van der Waals surface area contributed by atoms with Gasteiger partial charge >= 0.3 is 0 Å². The number of piperidine rings is 1. The summed E-state index contributed by atoms with van der Waals surface area (Å²) in [6.45, 7) is 1.09. The SMILES string of the molecule is COc1ccc(F)cc1-c1ccnc2[nH]c(C34CCN(S(C)(=O)=O)CC3C4)cc12. The quantitative estimate of drug-likeness (QED) is 0.710. The van der Waals surface area contributed by atoms with E-state index < -0.39 is 10.0 Å². The van der Waals surface area contributed by atoms with Gasteiger partial charge in [-0.25, -0.2) is 22.1 Å². The van der Waals surface area contributed by atoms with E-state index in [1.807, 2.05) is 6.07 Å². The lowest BCUT2D eigenvalue weighted by atomic mass is 9.92. The van der Waals surface area contributed by atoms with Gasteiger partial charge in [0.25, 0.3) is 0 Å². The molecule has 0 radical (unpaired) electrons. The number of nitrogens with one attached hydrogen (secondary N) is 1. The van der Waals surface area contributed by atoms with E-state index in [2.05, 4.69) is 16.0 Å². The molecule has 2 fully saturated rings. The summed E-state index contributed by atoms with van der Waals surface area (Å²) in [5.74, 6) is 0.590. The molecule has 0 spiro atoms. The smallest absolute Gasteiger partial charge is 0.211 e. The van der Waals surface area contributed by atoms with Crippen molar-refractivity contribution >= 4 is 21.1 Å². The molecular weight excluding hydrogens is 393 g/mol. The van der Waals surface area contributed by atoms with E-state index in [0.29, 0.717) is 30.3 Å². The van der Waals surface area contributed by atoms with E-state index in [9.17, 15) is 12.8 Å². The van der Waals surface area contributed by atoms with Gasteiger partial charge in [-0.3, -0.25) is 0 Å². The molecule has 2 aliphatic rings. The van der Waals surface area contributed by atoms with Crippen LogP contribution in [-0.4, -0.2) is 49.1 Å². The minimum absolute atomic E-state index is 0.0226. The highest BCUT2D eigenvalue weighted by molar-refractivity contribution is 7.88. The molecule has 2 atom stereocenters. The van der Waals surface area contributed by atoms with E-state index in [-0.39, 0.29) is 11.2 Å². The third-order valence-corrected chi connectivity index (χ3v) is 7.72. The third-order valence-electron chi connectivity index (χ3n) is 6.45. The van der Waals surface area contributed by atoms with Crippen molar-refractivity contribution in [1.29, 1.82) is 0 Å². The standard InChI is InChI=1S/C21H22FN3O3S/c1-28-18-4-3-14(22)9-16(18)15-5-7-23-20-17(15)10-19(24-20)21-6-8-25(29(2,26)27)12-13(21)11-21/h3-5,7,9-10,13H,6,8,11-12H2,1-2H3,(H,23,24). The molecule has 3 aromatic rings. The Kier molecular flexibility index (Phi) is 4.02. The molecule has 1 aliphatic carbocycles. The molecule has 152 valence electrons. The predicted octanol–water partition coefficient (Wildman–Crippen LogP) is 3.30. The lowest BCUT2D eigenvalue weighted by Crippen LogP contribution is -2.39. The van der Waals surface area contributed by atoms with Crippen molar-refractivity contribution in [3.8, 4) is 16.9 Å². The van der Waals surface area contributed by atoms with Crippen molar-refractivity contribution < 1.29 is 17.5 Å². The van der Waals surface area contributed by atoms with Gasteiger partial charge in [-0.2, -0.15) is 0 Å². The summed E-state index contributed by atoms with van der Waals surface area (Å²) in [6, 6.07) is 8.44. The Morgan fingerprint density at radius 3 is 2.83 bits per heavy atom. The van der Waals surface area contributed by atoms with Crippen LogP contribution in [0.2, 0.25) is 0 Å². The molecule has 1 saturated heterocycles. The van der Waals surface area contributed by atoms with Crippen LogP contribution in [0.3, 0.4) is 0 Å². The largest absolute Gasteiger partial charge is 0.496 e. The Morgan fingerprint density at radius 2 is 2.10 bits per heavy atom. The van der Waals surface area contributed by atoms with Gasteiger partial charge in [0.05, 0.1) is 13.4 Å². The number of hydrogen-bond acceptors (Lipinski definition) is 4. The van der Waals surface area contributed by atoms with Crippen LogP contribution in [0.25, 0.3) is 22.2 Å². The van der Waals surface area contributed by atoms with Crippen LogP contribution in [0.4, 0.5) is 4.39 Å². The molecule has 0 amide bonds. The fourth-order valence-corrected chi connectivity index (χ4v) is 5.65. The van der Waals surface area contributed by atoms with Crippen molar-refractivity contribution in [3.05, 3.63) is 48.0 Å². The number of ether oxygens (including phenoxy) is 1. The first-order valence-electron chi connectivity index (χ1n) is 9.59. The Morgan fingerprint density at radius 1 is 1.28 bits per heavy atom. The van der Waals surface area contributed by atoms with Crippen LogP contribution in [-0.2, 0) is 15.4 Å². The molecule has 2 aromatic heterocycles. The molecule has 29 heavy (non-hydrogen) atoms. The number of aromatic amines is 1. The van der Waals surface area contributed by atoms with Crippen molar-refractivity contribution in [3.63, 3.8) is 0 Å². The van der Waals surface area contributed by atoms with Gasteiger partial charge in [0.1, 0.15) is 17.2 Å². The zero-order valence-electron chi connectivity index (χ0n) is 16.3. The average molecular weight is 415 g/mol. The summed E-state index contributed by atoms with van der Waals surface area (Å²) in [6.07, 6.45) is 4.73. The van der Waals surface area contributed by atoms with E-state index in [4.69, 9.17) is 4.74 Å². The Bertz CT molecular complexity index is 1220. The summed E-state index contributed by atoms with van der Waals surface area (Å²) in [5.41, 5.74) is 3.35. The van der Waals surface area contributed by atoms with Crippen LogP contribution in [0, 0.1) is 11.7 Å². The first kappa shape index (κ1) is 18.6. The summed E-state index contributed by atoms with van der Waals surface area (Å²) in [5, 5.41) is 0.914. The number of nitrogens with zero attached hydrogens (tertiary/aromatic N) is 2. The topological polar surface area (TPSA) is 75.3 Å². The molecule has 8 heteroatoms. The minimum atomic E-state index is -3.16. The fraction of sp³-hybridized carbons (Fsp3) is 0.381. The summed E-state index contributed by atoms with van der Waals surface area (Å²) in [7, 11) is -1.59.